The Morgan fingerprint density at radius 1 is 1.21 bits per heavy atom. The number of thiazole rings is 1. The van der Waals surface area contributed by atoms with Gasteiger partial charge in [-0.3, -0.25) is 4.79 Å². The summed E-state index contributed by atoms with van der Waals surface area (Å²) in [5, 5.41) is 3.79. The van der Waals surface area contributed by atoms with Crippen molar-refractivity contribution in [1.82, 2.24) is 9.88 Å². The molecule has 1 atom stereocenters. The lowest BCUT2D eigenvalue weighted by molar-refractivity contribution is -0.138. The molecule has 146 valence electrons. The van der Waals surface area contributed by atoms with E-state index < -0.39 is 17.6 Å². The van der Waals surface area contributed by atoms with Crippen LogP contribution in [-0.2, 0) is 6.18 Å². The summed E-state index contributed by atoms with van der Waals surface area (Å²) < 4.78 is 53.5. The van der Waals surface area contributed by atoms with E-state index in [0.717, 1.165) is 6.07 Å². The van der Waals surface area contributed by atoms with Crippen molar-refractivity contribution in [3.63, 3.8) is 0 Å². The van der Waals surface area contributed by atoms with Crippen molar-refractivity contribution in [3.05, 3.63) is 59.4 Å². The van der Waals surface area contributed by atoms with Crippen molar-refractivity contribution >= 4 is 32.6 Å². The van der Waals surface area contributed by atoms with E-state index in [4.69, 9.17) is 0 Å². The average Bonchev–Trinajstić information content (AvgIpc) is 3.26. The third kappa shape index (κ3) is 3.66. The zero-order valence-corrected chi connectivity index (χ0v) is 15.3. The number of alkyl halides is 3. The highest BCUT2D eigenvalue weighted by atomic mass is 32.1. The second kappa shape index (κ2) is 7.05. The van der Waals surface area contributed by atoms with Crippen LogP contribution >= 0.6 is 11.3 Å². The molecule has 0 bridgehead atoms. The van der Waals surface area contributed by atoms with Crippen molar-refractivity contribution in [3.8, 4) is 0 Å². The van der Waals surface area contributed by atoms with E-state index in [1.165, 1.54) is 46.6 Å². The minimum atomic E-state index is -4.58. The summed E-state index contributed by atoms with van der Waals surface area (Å²) in [6.07, 6.45) is -4.00. The van der Waals surface area contributed by atoms with Gasteiger partial charge in [-0.1, -0.05) is 23.5 Å². The summed E-state index contributed by atoms with van der Waals surface area (Å²) in [5.41, 5.74) is -0.602. The summed E-state index contributed by atoms with van der Waals surface area (Å²) in [6.45, 7) is 0.623. The second-order valence-corrected chi connectivity index (χ2v) is 7.59. The van der Waals surface area contributed by atoms with Crippen LogP contribution in [0.4, 0.5) is 22.7 Å². The summed E-state index contributed by atoms with van der Waals surface area (Å²) in [6, 6.07) is 9.00. The number of hydrogen-bond donors (Lipinski definition) is 1. The highest BCUT2D eigenvalue weighted by Gasteiger charge is 2.37. The van der Waals surface area contributed by atoms with E-state index in [1.54, 1.807) is 6.07 Å². The van der Waals surface area contributed by atoms with Crippen LogP contribution in [0.1, 0.15) is 22.3 Å². The lowest BCUT2D eigenvalue weighted by Gasteiger charge is -2.19. The zero-order chi connectivity index (χ0) is 19.9. The van der Waals surface area contributed by atoms with Gasteiger partial charge in [0.05, 0.1) is 21.3 Å². The minimum Gasteiger partial charge on any atom is -0.357 e. The number of benzene rings is 2. The van der Waals surface area contributed by atoms with Crippen LogP contribution in [0.2, 0.25) is 0 Å². The van der Waals surface area contributed by atoms with Crippen molar-refractivity contribution in [1.29, 1.82) is 0 Å². The van der Waals surface area contributed by atoms with Gasteiger partial charge in [0.15, 0.2) is 5.13 Å². The second-order valence-electron chi connectivity index (χ2n) is 6.56. The number of halogens is 4. The molecule has 9 heteroatoms. The summed E-state index contributed by atoms with van der Waals surface area (Å²) >= 11 is 1.30. The van der Waals surface area contributed by atoms with E-state index in [9.17, 15) is 22.4 Å². The number of anilines is 1. The molecule has 0 saturated carbocycles. The zero-order valence-electron chi connectivity index (χ0n) is 14.5. The maximum atomic E-state index is 13.3. The Kier molecular flexibility index (Phi) is 4.70. The predicted octanol–water partition coefficient (Wildman–Crippen LogP) is 4.78. The molecule has 1 aliphatic heterocycles. The molecule has 1 amide bonds. The smallest absolute Gasteiger partial charge is 0.357 e. The van der Waals surface area contributed by atoms with Crippen molar-refractivity contribution in [2.24, 2.45) is 0 Å². The number of likely N-dealkylation sites (tertiary alicyclic amines) is 1. The van der Waals surface area contributed by atoms with E-state index in [1.807, 2.05) is 0 Å². The number of hydrogen-bond acceptors (Lipinski definition) is 4. The highest BCUT2D eigenvalue weighted by Crippen LogP contribution is 2.33. The van der Waals surface area contributed by atoms with Crippen molar-refractivity contribution in [2.45, 2.75) is 18.6 Å². The molecule has 0 spiro atoms. The van der Waals surface area contributed by atoms with Crippen LogP contribution in [0.15, 0.2) is 42.5 Å². The first kappa shape index (κ1) is 18.7. The van der Waals surface area contributed by atoms with E-state index in [2.05, 4.69) is 10.3 Å². The summed E-state index contributed by atoms with van der Waals surface area (Å²) in [4.78, 5) is 18.4. The first-order chi connectivity index (χ1) is 13.3. The molecular formula is C19H15F4N3OS. The Morgan fingerprint density at radius 3 is 2.79 bits per heavy atom. The highest BCUT2D eigenvalue weighted by molar-refractivity contribution is 7.22. The fourth-order valence-corrected chi connectivity index (χ4v) is 4.25. The first-order valence-electron chi connectivity index (χ1n) is 8.59. The van der Waals surface area contributed by atoms with Crippen LogP contribution in [0, 0.1) is 5.82 Å². The molecule has 1 aliphatic rings. The van der Waals surface area contributed by atoms with Gasteiger partial charge in [0.2, 0.25) is 0 Å². The lowest BCUT2D eigenvalue weighted by atomic mass is 10.1. The van der Waals surface area contributed by atoms with Gasteiger partial charge in [-0.15, -0.1) is 0 Å². The normalized spacial score (nSPS) is 17.3. The molecule has 1 N–H and O–H groups in total. The van der Waals surface area contributed by atoms with Gasteiger partial charge >= 0.3 is 6.18 Å². The molecular weight excluding hydrogens is 394 g/mol. The van der Waals surface area contributed by atoms with Gasteiger partial charge in [-0.05, 0) is 36.8 Å². The van der Waals surface area contributed by atoms with Gasteiger partial charge < -0.3 is 10.2 Å². The summed E-state index contributed by atoms with van der Waals surface area (Å²) in [7, 11) is 0. The van der Waals surface area contributed by atoms with Crippen molar-refractivity contribution in [2.75, 3.05) is 18.4 Å². The largest absolute Gasteiger partial charge is 0.417 e. The number of carbonyl (C=O) groups is 1. The monoisotopic (exact) mass is 409 g/mol. The number of aromatic nitrogens is 1. The van der Waals surface area contributed by atoms with E-state index in [0.29, 0.717) is 28.3 Å². The Bertz CT molecular complexity index is 1030. The predicted molar refractivity (Wildman–Crippen MR) is 99.0 cm³/mol. The maximum Gasteiger partial charge on any atom is 0.417 e. The summed E-state index contributed by atoms with van der Waals surface area (Å²) in [5.74, 6) is -0.979. The van der Waals surface area contributed by atoms with Crippen LogP contribution < -0.4 is 5.32 Å². The third-order valence-corrected chi connectivity index (χ3v) is 5.57. The average molecular weight is 409 g/mol. The molecule has 2 heterocycles. The Morgan fingerprint density at radius 2 is 2.00 bits per heavy atom. The molecule has 4 nitrogen and oxygen atoms in total. The first-order valence-corrected chi connectivity index (χ1v) is 9.41. The molecule has 4 rings (SSSR count). The molecule has 2 aromatic carbocycles. The van der Waals surface area contributed by atoms with Gasteiger partial charge in [-0.2, -0.15) is 13.2 Å². The van der Waals surface area contributed by atoms with Gasteiger partial charge in [0, 0.05) is 19.1 Å². The fraction of sp³-hybridized carbons (Fsp3) is 0.263. The molecule has 3 aromatic rings. The van der Waals surface area contributed by atoms with E-state index >= 15 is 0 Å². The quantitative estimate of drug-likeness (QED) is 0.634. The maximum absolute atomic E-state index is 13.3. The standard InChI is InChI=1S/C19H15F4N3OS/c20-11-5-6-15-16(9-11)28-18(25-15)24-12-7-8-26(10-12)17(27)13-3-1-2-4-14(13)19(21,22)23/h1-6,9,12H,7-8,10H2,(H,24,25)/t12-/m1/s1. The van der Waals surface area contributed by atoms with Crippen LogP contribution in [0.5, 0.6) is 0 Å². The number of nitrogens with zero attached hydrogens (tertiary/aromatic N) is 2. The molecule has 1 fully saturated rings. The number of fused-ring (bicyclic) bond motifs is 1. The van der Waals surface area contributed by atoms with Crippen LogP contribution in [-0.4, -0.2) is 34.9 Å². The fourth-order valence-electron chi connectivity index (χ4n) is 3.28. The lowest BCUT2D eigenvalue weighted by Crippen LogP contribution is -2.32. The molecule has 28 heavy (non-hydrogen) atoms. The van der Waals surface area contributed by atoms with Crippen LogP contribution in [0.25, 0.3) is 10.2 Å². The molecule has 0 aliphatic carbocycles. The SMILES string of the molecule is O=C(c1ccccc1C(F)(F)F)N1CC[C@@H](Nc2nc3ccc(F)cc3s2)C1. The molecule has 1 saturated heterocycles. The van der Waals surface area contributed by atoms with Gasteiger partial charge in [-0.25, -0.2) is 9.37 Å². The molecule has 0 radical (unpaired) electrons. The van der Waals surface area contributed by atoms with E-state index in [-0.39, 0.29) is 24.0 Å². The number of carbonyl (C=O) groups excluding carboxylic acids is 1. The van der Waals surface area contributed by atoms with Crippen LogP contribution in [0.3, 0.4) is 0 Å². The number of amides is 1. The Hall–Kier alpha value is -2.68. The number of nitrogens with one attached hydrogen (secondary N) is 1. The topological polar surface area (TPSA) is 45.2 Å². The number of rotatable bonds is 3. The Balaban J connectivity index is 1.47. The third-order valence-electron chi connectivity index (χ3n) is 4.62. The molecule has 1 aromatic heterocycles. The minimum absolute atomic E-state index is 0.132. The molecule has 0 unspecified atom stereocenters. The van der Waals surface area contributed by atoms with Gasteiger partial charge in [0.1, 0.15) is 5.82 Å². The Labute approximate surface area is 161 Å². The van der Waals surface area contributed by atoms with Gasteiger partial charge in [0.25, 0.3) is 5.91 Å². The van der Waals surface area contributed by atoms with Crippen molar-refractivity contribution < 1.29 is 22.4 Å².